The average molecular weight is 320 g/mol. The maximum Gasteiger partial charge on any atom is 0.330 e. The minimum atomic E-state index is -1.38. The van der Waals surface area contributed by atoms with Gasteiger partial charge in [-0.2, -0.15) is 0 Å². The van der Waals surface area contributed by atoms with Crippen LogP contribution in [-0.2, 0) is 4.74 Å². The van der Waals surface area contributed by atoms with Gasteiger partial charge in [-0.25, -0.2) is 4.79 Å². The van der Waals surface area contributed by atoms with E-state index in [1.807, 2.05) is 4.98 Å². The maximum atomic E-state index is 11.6. The van der Waals surface area contributed by atoms with Gasteiger partial charge in [0.05, 0.1) is 11.1 Å². The first-order chi connectivity index (χ1) is 8.45. The summed E-state index contributed by atoms with van der Waals surface area (Å²) in [4.78, 5) is 24.8. The predicted octanol–water partition coefficient (Wildman–Crippen LogP) is -2.09. The monoisotopic (exact) mass is 320 g/mol. The lowest BCUT2D eigenvalue weighted by Crippen LogP contribution is -2.38. The number of aromatic nitrogens is 2. The van der Waals surface area contributed by atoms with Crippen molar-refractivity contribution in [1.82, 2.24) is 9.55 Å². The number of aromatic amines is 1. The molecular weight excluding hydrogens is 309 g/mol. The number of ether oxygens (including phenoxy) is 1. The third-order valence-electron chi connectivity index (χ3n) is 2.72. The molecular formula is C9H11BrN2O6. The Morgan fingerprint density at radius 2 is 2.06 bits per heavy atom. The number of aliphatic hydroxyl groups excluding tert-OH is 3. The number of halogens is 1. The second kappa shape index (κ2) is 4.94. The molecule has 4 atom stereocenters. The first-order valence-electron chi connectivity index (χ1n) is 5.09. The lowest BCUT2D eigenvalue weighted by atomic mass is 10.1. The van der Waals surface area contributed by atoms with Gasteiger partial charge in [-0.05, 0) is 15.9 Å². The summed E-state index contributed by atoms with van der Waals surface area (Å²) in [6.07, 6.45) is -3.68. The van der Waals surface area contributed by atoms with Crippen molar-refractivity contribution in [3.8, 4) is 0 Å². The number of hydrogen-bond donors (Lipinski definition) is 4. The molecule has 0 aliphatic carbocycles. The van der Waals surface area contributed by atoms with Crippen LogP contribution in [0.4, 0.5) is 0 Å². The Bertz CT molecular complexity index is 555. The van der Waals surface area contributed by atoms with E-state index in [9.17, 15) is 19.8 Å². The second-order valence-corrected chi connectivity index (χ2v) is 4.73. The van der Waals surface area contributed by atoms with E-state index < -0.39 is 42.4 Å². The Hall–Kier alpha value is -1.00. The largest absolute Gasteiger partial charge is 0.394 e. The SMILES string of the molecule is O=c1[nH]c(=O)n([C@@H]2O[C@H](CO)[C@@H](O)[C@H]2O)cc1[77Br]. The number of H-pyrrole nitrogens is 1. The van der Waals surface area contributed by atoms with Gasteiger partial charge in [0.2, 0.25) is 0 Å². The standard InChI is InChI=1S/C9H11BrN2O6/c10-3-1-12(9(17)11-7(3)16)8-6(15)5(14)4(2-13)18-8/h1,4-6,8,13-15H,2H2,(H,11,16,17)/t4-,5-,6-,8-/m1/s1/i10-3. The Balaban J connectivity index is 2.42. The van der Waals surface area contributed by atoms with E-state index in [4.69, 9.17) is 9.84 Å². The highest BCUT2D eigenvalue weighted by Crippen LogP contribution is 2.28. The first-order valence-corrected chi connectivity index (χ1v) is 5.88. The fraction of sp³-hybridized carbons (Fsp3) is 0.556. The molecule has 1 aliphatic heterocycles. The van der Waals surface area contributed by atoms with Crippen LogP contribution in [0.5, 0.6) is 0 Å². The van der Waals surface area contributed by atoms with E-state index in [1.165, 1.54) is 0 Å². The zero-order chi connectivity index (χ0) is 13.4. The molecule has 9 heteroatoms. The van der Waals surface area contributed by atoms with Gasteiger partial charge in [-0.3, -0.25) is 14.3 Å². The predicted molar refractivity (Wildman–Crippen MR) is 62.0 cm³/mol. The summed E-state index contributed by atoms with van der Waals surface area (Å²) >= 11 is 2.94. The van der Waals surface area contributed by atoms with Crippen LogP contribution in [0.15, 0.2) is 20.3 Å². The molecule has 1 aliphatic rings. The Morgan fingerprint density at radius 1 is 1.39 bits per heavy atom. The lowest BCUT2D eigenvalue weighted by molar-refractivity contribution is -0.0551. The van der Waals surface area contributed by atoms with E-state index in [1.54, 1.807) is 0 Å². The normalized spacial score (nSPS) is 31.8. The van der Waals surface area contributed by atoms with Crippen LogP contribution in [-0.4, -0.2) is 49.8 Å². The minimum Gasteiger partial charge on any atom is -0.394 e. The minimum absolute atomic E-state index is 0.0832. The van der Waals surface area contributed by atoms with Crippen LogP contribution < -0.4 is 11.2 Å². The highest BCUT2D eigenvalue weighted by atomic mass is 76.9. The summed E-state index contributed by atoms with van der Waals surface area (Å²) in [5.41, 5.74) is -1.39. The van der Waals surface area contributed by atoms with Crippen molar-refractivity contribution in [2.75, 3.05) is 6.61 Å². The van der Waals surface area contributed by atoms with Crippen LogP contribution in [0, 0.1) is 0 Å². The second-order valence-electron chi connectivity index (χ2n) is 3.87. The fourth-order valence-corrected chi connectivity index (χ4v) is 2.08. The molecule has 0 unspecified atom stereocenters. The van der Waals surface area contributed by atoms with Crippen molar-refractivity contribution in [2.45, 2.75) is 24.5 Å². The molecule has 0 amide bonds. The van der Waals surface area contributed by atoms with E-state index in [0.717, 1.165) is 10.8 Å². The van der Waals surface area contributed by atoms with Gasteiger partial charge in [-0.15, -0.1) is 0 Å². The molecule has 100 valence electrons. The van der Waals surface area contributed by atoms with Gasteiger partial charge in [0, 0.05) is 6.20 Å². The van der Waals surface area contributed by atoms with Gasteiger partial charge in [-0.1, -0.05) is 0 Å². The van der Waals surface area contributed by atoms with E-state index in [0.29, 0.717) is 0 Å². The topological polar surface area (TPSA) is 125 Å². The number of rotatable bonds is 2. The zero-order valence-electron chi connectivity index (χ0n) is 8.99. The lowest BCUT2D eigenvalue weighted by Gasteiger charge is -2.17. The summed E-state index contributed by atoms with van der Waals surface area (Å²) < 4.78 is 6.19. The van der Waals surface area contributed by atoms with Gasteiger partial charge in [0.1, 0.15) is 18.3 Å². The molecule has 1 fully saturated rings. The van der Waals surface area contributed by atoms with E-state index >= 15 is 0 Å². The molecule has 2 heterocycles. The molecule has 0 aromatic carbocycles. The third kappa shape index (κ3) is 2.15. The van der Waals surface area contributed by atoms with Crippen molar-refractivity contribution in [3.05, 3.63) is 31.5 Å². The van der Waals surface area contributed by atoms with Gasteiger partial charge in [0.15, 0.2) is 6.23 Å². The molecule has 4 N–H and O–H groups in total. The van der Waals surface area contributed by atoms with Gasteiger partial charge in [0.25, 0.3) is 5.56 Å². The molecule has 0 saturated carbocycles. The fourth-order valence-electron chi connectivity index (χ4n) is 1.76. The summed E-state index contributed by atoms with van der Waals surface area (Å²) in [6.45, 7) is -0.492. The smallest absolute Gasteiger partial charge is 0.330 e. The van der Waals surface area contributed by atoms with Crippen molar-refractivity contribution < 1.29 is 20.1 Å². The van der Waals surface area contributed by atoms with Crippen molar-refractivity contribution in [3.63, 3.8) is 0 Å². The third-order valence-corrected chi connectivity index (χ3v) is 3.28. The summed E-state index contributed by atoms with van der Waals surface area (Å²) in [5.74, 6) is 0. The summed E-state index contributed by atoms with van der Waals surface area (Å²) in [6, 6.07) is 0. The highest BCUT2D eigenvalue weighted by molar-refractivity contribution is 9.10. The molecule has 18 heavy (non-hydrogen) atoms. The maximum absolute atomic E-state index is 11.6. The van der Waals surface area contributed by atoms with E-state index in [2.05, 4.69) is 15.9 Å². The molecule has 0 radical (unpaired) electrons. The van der Waals surface area contributed by atoms with Crippen LogP contribution in [0.3, 0.4) is 0 Å². The number of aliphatic hydroxyl groups is 3. The van der Waals surface area contributed by atoms with Crippen LogP contribution in [0.1, 0.15) is 6.23 Å². The molecule has 1 aromatic rings. The Labute approximate surface area is 109 Å². The molecule has 1 saturated heterocycles. The molecule has 2 rings (SSSR count). The van der Waals surface area contributed by atoms with Crippen molar-refractivity contribution in [1.29, 1.82) is 0 Å². The number of nitrogens with zero attached hydrogens (tertiary/aromatic N) is 1. The number of nitrogens with one attached hydrogen (secondary N) is 1. The van der Waals surface area contributed by atoms with E-state index in [-0.39, 0.29) is 4.47 Å². The van der Waals surface area contributed by atoms with Crippen LogP contribution in [0.2, 0.25) is 0 Å². The molecule has 0 spiro atoms. The highest BCUT2D eigenvalue weighted by Gasteiger charge is 2.43. The van der Waals surface area contributed by atoms with Gasteiger partial charge >= 0.3 is 5.69 Å². The van der Waals surface area contributed by atoms with Gasteiger partial charge < -0.3 is 20.1 Å². The molecule has 0 bridgehead atoms. The molecule has 8 nitrogen and oxygen atoms in total. The Morgan fingerprint density at radius 3 is 2.61 bits per heavy atom. The zero-order valence-corrected chi connectivity index (χ0v) is 10.6. The molecule has 1 aromatic heterocycles. The van der Waals surface area contributed by atoms with Crippen LogP contribution >= 0.6 is 15.9 Å². The van der Waals surface area contributed by atoms with Crippen molar-refractivity contribution in [2.24, 2.45) is 0 Å². The average Bonchev–Trinajstić information content (AvgIpc) is 2.61. The van der Waals surface area contributed by atoms with Crippen LogP contribution in [0.25, 0.3) is 0 Å². The summed E-state index contributed by atoms with van der Waals surface area (Å²) in [5, 5.41) is 28.3. The Kier molecular flexibility index (Phi) is 3.69. The van der Waals surface area contributed by atoms with Crippen molar-refractivity contribution >= 4 is 15.9 Å². The summed E-state index contributed by atoms with van der Waals surface area (Å²) in [7, 11) is 0. The number of hydrogen-bond acceptors (Lipinski definition) is 6. The first kappa shape index (κ1) is 13.4. The quantitative estimate of drug-likeness (QED) is 0.495.